The van der Waals surface area contributed by atoms with Crippen LogP contribution in [0.3, 0.4) is 0 Å². The van der Waals surface area contributed by atoms with Crippen LogP contribution in [0.4, 0.5) is 0 Å². The first-order valence-corrected chi connectivity index (χ1v) is 8.08. The zero-order valence-electron chi connectivity index (χ0n) is 14.0. The van der Waals surface area contributed by atoms with Crippen LogP contribution >= 0.6 is 0 Å². The van der Waals surface area contributed by atoms with Gasteiger partial charge in [-0.05, 0) is 31.5 Å². The molecule has 0 radical (unpaired) electrons. The molecule has 0 saturated carbocycles. The molecule has 0 fully saturated rings. The molecule has 3 rings (SSSR count). The summed E-state index contributed by atoms with van der Waals surface area (Å²) < 4.78 is 5.53. The normalized spacial score (nSPS) is 12.3. The van der Waals surface area contributed by atoms with Gasteiger partial charge in [-0.3, -0.25) is 0 Å². The summed E-state index contributed by atoms with van der Waals surface area (Å²) >= 11 is 0. The Morgan fingerprint density at radius 1 is 1.00 bits per heavy atom. The lowest BCUT2D eigenvalue weighted by Crippen LogP contribution is -2.21. The largest absolute Gasteiger partial charge is 0.444 e. The van der Waals surface area contributed by atoms with E-state index in [9.17, 15) is 5.11 Å². The average Bonchev–Trinajstić information content (AvgIpc) is 3.05. The summed E-state index contributed by atoms with van der Waals surface area (Å²) in [5, 5.41) is 13.4. The number of aryl methyl sites for hydroxylation is 2. The first-order valence-electron chi connectivity index (χ1n) is 8.08. The number of nitrogens with zero attached hydrogens (tertiary/aromatic N) is 1. The maximum atomic E-state index is 10.2. The van der Waals surface area contributed by atoms with Crippen LogP contribution in [0.15, 0.2) is 59.2 Å². The molecule has 0 saturated heterocycles. The molecular weight excluding hydrogens is 300 g/mol. The van der Waals surface area contributed by atoms with E-state index < -0.39 is 6.10 Å². The third-order valence-electron chi connectivity index (χ3n) is 3.96. The van der Waals surface area contributed by atoms with E-state index in [2.05, 4.69) is 10.3 Å². The molecular formula is C20H22N2O2. The molecule has 0 spiro atoms. The van der Waals surface area contributed by atoms with Gasteiger partial charge in [-0.1, -0.05) is 47.5 Å². The number of aromatic nitrogens is 1. The molecule has 124 valence electrons. The highest BCUT2D eigenvalue weighted by molar-refractivity contribution is 5.53. The van der Waals surface area contributed by atoms with E-state index >= 15 is 0 Å². The van der Waals surface area contributed by atoms with Gasteiger partial charge in [0.25, 0.3) is 0 Å². The molecule has 1 unspecified atom stereocenters. The molecule has 0 aliphatic rings. The van der Waals surface area contributed by atoms with E-state index in [0.717, 1.165) is 16.8 Å². The van der Waals surface area contributed by atoms with Gasteiger partial charge in [0.2, 0.25) is 5.89 Å². The lowest BCUT2D eigenvalue weighted by Gasteiger charge is -2.11. The molecule has 1 heterocycles. The third kappa shape index (κ3) is 4.10. The summed E-state index contributed by atoms with van der Waals surface area (Å²) in [7, 11) is 0. The Morgan fingerprint density at radius 2 is 1.62 bits per heavy atom. The molecule has 0 bridgehead atoms. The van der Waals surface area contributed by atoms with E-state index in [1.54, 1.807) is 6.26 Å². The lowest BCUT2D eigenvalue weighted by molar-refractivity contribution is 0.174. The highest BCUT2D eigenvalue weighted by atomic mass is 16.3. The highest BCUT2D eigenvalue weighted by Crippen LogP contribution is 2.19. The Balaban J connectivity index is 1.54. The van der Waals surface area contributed by atoms with Crippen molar-refractivity contribution in [1.82, 2.24) is 10.3 Å². The first-order chi connectivity index (χ1) is 11.6. The highest BCUT2D eigenvalue weighted by Gasteiger charge is 2.09. The summed E-state index contributed by atoms with van der Waals surface area (Å²) in [4.78, 5) is 4.48. The van der Waals surface area contributed by atoms with Crippen LogP contribution in [0.25, 0.3) is 11.5 Å². The predicted molar refractivity (Wildman–Crippen MR) is 94.5 cm³/mol. The van der Waals surface area contributed by atoms with Gasteiger partial charge in [0.15, 0.2) is 0 Å². The number of benzene rings is 2. The number of hydrogen-bond acceptors (Lipinski definition) is 4. The number of aliphatic hydroxyl groups excluding tert-OH is 1. The number of hydrogen-bond donors (Lipinski definition) is 2. The topological polar surface area (TPSA) is 58.3 Å². The quantitative estimate of drug-likeness (QED) is 0.725. The minimum Gasteiger partial charge on any atom is -0.444 e. The van der Waals surface area contributed by atoms with Crippen LogP contribution in [-0.4, -0.2) is 16.6 Å². The number of nitrogens with one attached hydrogen (secondary N) is 1. The predicted octanol–water partition coefficient (Wildman–Crippen LogP) is 3.78. The van der Waals surface area contributed by atoms with Gasteiger partial charge in [0, 0.05) is 18.7 Å². The zero-order chi connectivity index (χ0) is 16.9. The molecule has 3 aromatic rings. The molecule has 0 aliphatic carbocycles. The number of oxazole rings is 1. The molecule has 2 N–H and O–H groups in total. The van der Waals surface area contributed by atoms with Gasteiger partial charge >= 0.3 is 0 Å². The summed E-state index contributed by atoms with van der Waals surface area (Å²) in [6, 6.07) is 16.0. The van der Waals surface area contributed by atoms with Gasteiger partial charge in [-0.15, -0.1) is 0 Å². The number of aliphatic hydroxyl groups is 1. The summed E-state index contributed by atoms with van der Waals surface area (Å²) in [5.74, 6) is 0.617. The summed E-state index contributed by atoms with van der Waals surface area (Å²) in [5.41, 5.74) is 5.09. The van der Waals surface area contributed by atoms with Crippen molar-refractivity contribution in [2.24, 2.45) is 0 Å². The van der Waals surface area contributed by atoms with Gasteiger partial charge in [0.05, 0.1) is 11.8 Å². The van der Waals surface area contributed by atoms with Crippen LogP contribution in [0.2, 0.25) is 0 Å². The fourth-order valence-corrected chi connectivity index (χ4v) is 2.46. The molecule has 4 nitrogen and oxygen atoms in total. The second-order valence-corrected chi connectivity index (χ2v) is 6.07. The van der Waals surface area contributed by atoms with Gasteiger partial charge in [-0.2, -0.15) is 0 Å². The Hall–Kier alpha value is -2.43. The van der Waals surface area contributed by atoms with E-state index in [0.29, 0.717) is 19.0 Å². The maximum Gasteiger partial charge on any atom is 0.226 e. The Kier molecular flexibility index (Phi) is 5.08. The molecule has 4 heteroatoms. The van der Waals surface area contributed by atoms with Gasteiger partial charge in [0.1, 0.15) is 6.26 Å². The molecule has 0 aliphatic heterocycles. The standard InChI is InChI=1S/C20H22N2O2/c1-14-3-7-16(8-4-14)19(23)12-21-11-18-13-24-20(22-18)17-9-5-15(2)6-10-17/h3-10,13,19,21,23H,11-12H2,1-2H3. The van der Waals surface area contributed by atoms with Crippen LogP contribution < -0.4 is 5.32 Å². The number of rotatable bonds is 6. The van der Waals surface area contributed by atoms with Crippen molar-refractivity contribution < 1.29 is 9.52 Å². The van der Waals surface area contributed by atoms with Crippen LogP contribution in [0.1, 0.15) is 28.5 Å². The molecule has 0 amide bonds. The molecule has 2 aromatic carbocycles. The first kappa shape index (κ1) is 16.4. The lowest BCUT2D eigenvalue weighted by atomic mass is 10.1. The van der Waals surface area contributed by atoms with Gasteiger partial charge < -0.3 is 14.8 Å². The van der Waals surface area contributed by atoms with E-state index in [-0.39, 0.29) is 0 Å². The smallest absolute Gasteiger partial charge is 0.226 e. The Labute approximate surface area is 142 Å². The van der Waals surface area contributed by atoms with Crippen molar-refractivity contribution in [3.63, 3.8) is 0 Å². The minimum absolute atomic E-state index is 0.468. The molecule has 1 atom stereocenters. The Morgan fingerprint density at radius 3 is 2.29 bits per heavy atom. The SMILES string of the molecule is Cc1ccc(-c2nc(CNCC(O)c3ccc(C)cc3)co2)cc1. The van der Waals surface area contributed by atoms with Crippen LogP contribution in [0.5, 0.6) is 0 Å². The average molecular weight is 322 g/mol. The zero-order valence-corrected chi connectivity index (χ0v) is 14.0. The fourth-order valence-electron chi connectivity index (χ4n) is 2.46. The third-order valence-corrected chi connectivity index (χ3v) is 3.96. The maximum absolute atomic E-state index is 10.2. The van der Waals surface area contributed by atoms with Crippen molar-refractivity contribution in [3.8, 4) is 11.5 Å². The van der Waals surface area contributed by atoms with Crippen LogP contribution in [-0.2, 0) is 6.54 Å². The monoisotopic (exact) mass is 322 g/mol. The second-order valence-electron chi connectivity index (χ2n) is 6.07. The van der Waals surface area contributed by atoms with Crippen molar-refractivity contribution in [2.75, 3.05) is 6.54 Å². The van der Waals surface area contributed by atoms with E-state index in [4.69, 9.17) is 4.42 Å². The Bertz CT molecular complexity index is 776. The van der Waals surface area contributed by atoms with Crippen molar-refractivity contribution in [3.05, 3.63) is 77.2 Å². The van der Waals surface area contributed by atoms with Crippen LogP contribution in [0, 0.1) is 13.8 Å². The second kappa shape index (κ2) is 7.43. The van der Waals surface area contributed by atoms with E-state index in [1.165, 1.54) is 11.1 Å². The van der Waals surface area contributed by atoms with Crippen molar-refractivity contribution >= 4 is 0 Å². The fraction of sp³-hybridized carbons (Fsp3) is 0.250. The van der Waals surface area contributed by atoms with Crippen molar-refractivity contribution in [2.45, 2.75) is 26.5 Å². The molecule has 24 heavy (non-hydrogen) atoms. The summed E-state index contributed by atoms with van der Waals surface area (Å²) in [6.45, 7) is 5.10. The van der Waals surface area contributed by atoms with Crippen molar-refractivity contribution in [1.29, 1.82) is 0 Å². The summed E-state index contributed by atoms with van der Waals surface area (Å²) in [6.07, 6.45) is 1.12. The van der Waals surface area contributed by atoms with Gasteiger partial charge in [-0.25, -0.2) is 4.98 Å². The minimum atomic E-state index is -0.533. The molecule has 1 aromatic heterocycles. The van der Waals surface area contributed by atoms with E-state index in [1.807, 2.05) is 62.4 Å².